The lowest BCUT2D eigenvalue weighted by Gasteiger charge is -2.27. The number of ether oxygens (including phenoxy) is 2. The monoisotopic (exact) mass is 596 g/mol. The van der Waals surface area contributed by atoms with E-state index >= 15 is 0 Å². The maximum Gasteiger partial charge on any atom is 0.326 e. The van der Waals surface area contributed by atoms with Gasteiger partial charge in [-0.1, -0.05) is 26.3 Å². The van der Waals surface area contributed by atoms with Crippen LogP contribution in [0.25, 0.3) is 10.1 Å². The summed E-state index contributed by atoms with van der Waals surface area (Å²) in [5.41, 5.74) is -1.43. The highest BCUT2D eigenvalue weighted by molar-refractivity contribution is 7.20. The molecule has 1 aromatic heterocycles. The number of benzene rings is 1. The van der Waals surface area contributed by atoms with Gasteiger partial charge in [-0.3, -0.25) is 24.0 Å². The molecule has 10 heteroatoms. The highest BCUT2D eigenvalue weighted by Crippen LogP contribution is 2.34. The lowest BCUT2D eigenvalue weighted by molar-refractivity contribution is -0.154. The van der Waals surface area contributed by atoms with Crippen LogP contribution in [0.4, 0.5) is 0 Å². The second-order valence-corrected chi connectivity index (χ2v) is 13.0. The highest BCUT2D eigenvalue weighted by atomic mass is 32.1. The lowest BCUT2D eigenvalue weighted by atomic mass is 9.82. The molecule has 226 valence electrons. The number of hydrogen-bond donors (Lipinski definition) is 1. The molecule has 0 aliphatic heterocycles. The Morgan fingerprint density at radius 3 is 2.57 bits per heavy atom. The van der Waals surface area contributed by atoms with Gasteiger partial charge in [0.15, 0.2) is 18.2 Å². The van der Waals surface area contributed by atoms with Gasteiger partial charge in [0.05, 0.1) is 24.1 Å². The number of hydrogen-bond acceptors (Lipinski definition) is 9. The van der Waals surface area contributed by atoms with Crippen molar-refractivity contribution >= 4 is 50.6 Å². The molecule has 1 aliphatic rings. The van der Waals surface area contributed by atoms with Crippen molar-refractivity contribution < 1.29 is 33.4 Å². The van der Waals surface area contributed by atoms with Gasteiger partial charge in [0.1, 0.15) is 16.9 Å². The Labute approximate surface area is 250 Å². The number of methoxy groups -OCH3 is 1. The van der Waals surface area contributed by atoms with E-state index in [9.17, 15) is 29.2 Å². The Bertz CT molecular complexity index is 1370. The number of amides is 1. The number of carbonyl (C=O) groups excluding carboxylic acids is 5. The molecule has 0 bridgehead atoms. The van der Waals surface area contributed by atoms with Crippen molar-refractivity contribution in [2.45, 2.75) is 78.7 Å². The summed E-state index contributed by atoms with van der Waals surface area (Å²) in [6.07, 6.45) is 3.15. The first-order valence-corrected chi connectivity index (χ1v) is 15.2. The van der Waals surface area contributed by atoms with E-state index in [0.717, 1.165) is 22.9 Å². The van der Waals surface area contributed by atoms with Gasteiger partial charge < -0.3 is 14.8 Å². The summed E-state index contributed by atoms with van der Waals surface area (Å²) in [4.78, 5) is 65.7. The van der Waals surface area contributed by atoms with Crippen molar-refractivity contribution in [2.75, 3.05) is 13.7 Å². The second kappa shape index (κ2) is 14.5. The van der Waals surface area contributed by atoms with E-state index in [1.807, 2.05) is 38.1 Å². The first kappa shape index (κ1) is 32.9. The number of fused-ring (bicyclic) bond motifs is 1. The number of rotatable bonds is 14. The molecule has 1 aliphatic carbocycles. The largest absolute Gasteiger partial charge is 0.496 e. The molecular weight excluding hydrogens is 556 g/mol. The van der Waals surface area contributed by atoms with Gasteiger partial charge in [-0.15, -0.1) is 11.3 Å². The van der Waals surface area contributed by atoms with E-state index in [1.54, 1.807) is 13.2 Å². The van der Waals surface area contributed by atoms with Crippen LogP contribution >= 0.6 is 11.3 Å². The van der Waals surface area contributed by atoms with Crippen molar-refractivity contribution in [1.29, 1.82) is 5.26 Å². The third-order valence-corrected chi connectivity index (χ3v) is 8.76. The van der Waals surface area contributed by atoms with E-state index < -0.39 is 47.6 Å². The maximum atomic E-state index is 13.6. The molecular formula is C32H40N2O7S. The van der Waals surface area contributed by atoms with Crippen LogP contribution in [-0.2, 0) is 23.9 Å². The molecule has 1 heterocycles. The van der Waals surface area contributed by atoms with Crippen molar-refractivity contribution in [3.8, 4) is 11.8 Å². The van der Waals surface area contributed by atoms with Crippen LogP contribution in [0, 0.1) is 34.5 Å². The van der Waals surface area contributed by atoms with Crippen molar-refractivity contribution in [3.63, 3.8) is 0 Å². The molecule has 0 spiro atoms. The highest BCUT2D eigenvalue weighted by Gasteiger charge is 2.35. The Morgan fingerprint density at radius 2 is 1.93 bits per heavy atom. The van der Waals surface area contributed by atoms with Crippen molar-refractivity contribution in [3.05, 3.63) is 29.1 Å². The Balaban J connectivity index is 1.79. The zero-order chi connectivity index (χ0) is 31.0. The summed E-state index contributed by atoms with van der Waals surface area (Å²) >= 11 is 1.34. The van der Waals surface area contributed by atoms with Gasteiger partial charge in [0.2, 0.25) is 5.91 Å². The summed E-state index contributed by atoms with van der Waals surface area (Å²) in [5, 5.41) is 12.8. The molecule has 1 saturated carbocycles. The van der Waals surface area contributed by atoms with Gasteiger partial charge in [0, 0.05) is 34.8 Å². The molecule has 1 N–H and O–H groups in total. The SMILES string of the molecule is COc1cccc2sc(C(=O)C[C@@H](CC(C)C)C(=O)N[C@@H](C[C@@H]3CCCCC3=O)C(=O)COC(=O)C(C)(C)C#N)cc12. The molecule has 0 unspecified atom stereocenters. The molecule has 9 nitrogen and oxygen atoms in total. The second-order valence-electron chi connectivity index (χ2n) is 11.9. The maximum absolute atomic E-state index is 13.6. The molecule has 1 aromatic carbocycles. The lowest BCUT2D eigenvalue weighted by Crippen LogP contribution is -2.47. The van der Waals surface area contributed by atoms with Crippen LogP contribution in [0.5, 0.6) is 5.75 Å². The first-order chi connectivity index (χ1) is 19.9. The third-order valence-electron chi connectivity index (χ3n) is 7.62. The van der Waals surface area contributed by atoms with Gasteiger partial charge in [-0.25, -0.2) is 0 Å². The minimum Gasteiger partial charge on any atom is -0.496 e. The van der Waals surface area contributed by atoms with Crippen LogP contribution in [-0.4, -0.2) is 49.0 Å². The summed E-state index contributed by atoms with van der Waals surface area (Å²) < 4.78 is 11.4. The fourth-order valence-corrected chi connectivity index (χ4v) is 6.17. The molecule has 2 aromatic rings. The predicted molar refractivity (Wildman–Crippen MR) is 159 cm³/mol. The van der Waals surface area contributed by atoms with E-state index in [0.29, 0.717) is 29.9 Å². The summed E-state index contributed by atoms with van der Waals surface area (Å²) in [6.45, 7) is 6.05. The van der Waals surface area contributed by atoms with E-state index in [-0.39, 0.29) is 30.3 Å². The van der Waals surface area contributed by atoms with Crippen LogP contribution < -0.4 is 10.1 Å². The van der Waals surface area contributed by atoms with E-state index in [4.69, 9.17) is 9.47 Å². The minimum atomic E-state index is -1.43. The number of nitrogens with zero attached hydrogens (tertiary/aromatic N) is 1. The number of nitriles is 1. The van der Waals surface area contributed by atoms with Crippen molar-refractivity contribution in [2.24, 2.45) is 23.2 Å². The summed E-state index contributed by atoms with van der Waals surface area (Å²) in [7, 11) is 1.57. The van der Waals surface area contributed by atoms with Crippen LogP contribution in [0.15, 0.2) is 24.3 Å². The zero-order valence-electron chi connectivity index (χ0n) is 25.0. The quantitative estimate of drug-likeness (QED) is 0.225. The predicted octanol–water partition coefficient (Wildman–Crippen LogP) is 5.44. The third kappa shape index (κ3) is 8.48. The standard InChI is InChI=1S/C32H40N2O7S/c1-19(2)13-21(15-25(36)29-16-22-27(40-5)11-8-12-28(22)42-29)30(38)34-23(14-20-9-6-7-10-24(20)35)26(37)17-41-31(39)32(3,4)18-33/h8,11-12,16,19-21,23H,6-7,9-10,13-15,17H2,1-5H3,(H,34,38)/t20-,21+,23-/m0/s1. The van der Waals surface area contributed by atoms with Gasteiger partial charge in [-0.2, -0.15) is 5.26 Å². The van der Waals surface area contributed by atoms with Gasteiger partial charge >= 0.3 is 5.97 Å². The number of Topliss-reactive ketones (excluding diaryl/α,β-unsaturated/α-hetero) is 3. The fourth-order valence-electron chi connectivity index (χ4n) is 5.14. The van der Waals surface area contributed by atoms with E-state index in [1.165, 1.54) is 25.2 Å². The molecule has 3 rings (SSSR count). The Kier molecular flexibility index (Phi) is 11.4. The van der Waals surface area contributed by atoms with Crippen LogP contribution in [0.2, 0.25) is 0 Å². The summed E-state index contributed by atoms with van der Waals surface area (Å²) in [5.74, 6) is -2.34. The molecule has 42 heavy (non-hydrogen) atoms. The number of thiophene rings is 1. The molecule has 1 amide bonds. The smallest absolute Gasteiger partial charge is 0.326 e. The number of esters is 1. The fraction of sp³-hybridized carbons (Fsp3) is 0.562. The van der Waals surface area contributed by atoms with Crippen LogP contribution in [0.3, 0.4) is 0 Å². The summed E-state index contributed by atoms with van der Waals surface area (Å²) in [6, 6.07) is 8.14. The van der Waals surface area contributed by atoms with Gasteiger partial charge in [0.25, 0.3) is 0 Å². The normalized spacial score (nSPS) is 16.9. The number of ketones is 3. The first-order valence-electron chi connectivity index (χ1n) is 14.4. The van der Waals surface area contributed by atoms with Gasteiger partial charge in [-0.05, 0) is 63.6 Å². The van der Waals surface area contributed by atoms with Crippen molar-refractivity contribution in [1.82, 2.24) is 5.32 Å². The number of carbonyl (C=O) groups is 5. The van der Waals surface area contributed by atoms with Crippen LogP contribution in [0.1, 0.15) is 82.3 Å². The molecule has 1 fully saturated rings. The molecule has 3 atom stereocenters. The zero-order valence-corrected chi connectivity index (χ0v) is 25.8. The average Bonchev–Trinajstić information content (AvgIpc) is 3.40. The Hall–Kier alpha value is -3.58. The molecule has 0 saturated heterocycles. The average molecular weight is 597 g/mol. The minimum absolute atomic E-state index is 0.0463. The number of nitrogens with one attached hydrogen (secondary N) is 1. The van der Waals surface area contributed by atoms with E-state index in [2.05, 4.69) is 5.32 Å². The molecule has 0 radical (unpaired) electrons. The Morgan fingerprint density at radius 1 is 1.19 bits per heavy atom. The topological polar surface area (TPSA) is 140 Å².